The number of amides is 2. The number of fused-ring (bicyclic) bond motifs is 1. The highest BCUT2D eigenvalue weighted by atomic mass is 35.5. The summed E-state index contributed by atoms with van der Waals surface area (Å²) in [7, 11) is 0. The summed E-state index contributed by atoms with van der Waals surface area (Å²) < 4.78 is 10.6. The predicted octanol–water partition coefficient (Wildman–Crippen LogP) is 2.74. The van der Waals surface area contributed by atoms with Crippen LogP contribution in [0, 0.1) is 5.92 Å². The molecule has 0 saturated carbocycles. The first-order valence-corrected chi connectivity index (χ1v) is 8.70. The van der Waals surface area contributed by atoms with Crippen LogP contribution in [0.25, 0.3) is 0 Å². The van der Waals surface area contributed by atoms with Crippen molar-refractivity contribution < 1.29 is 19.1 Å². The van der Waals surface area contributed by atoms with Gasteiger partial charge in [0.2, 0.25) is 18.6 Å². The molecule has 7 heteroatoms. The molecule has 26 heavy (non-hydrogen) atoms. The second-order valence-electron chi connectivity index (χ2n) is 6.29. The van der Waals surface area contributed by atoms with Gasteiger partial charge in [0, 0.05) is 30.2 Å². The normalized spacial score (nSPS) is 18.3. The molecule has 4 rings (SSSR count). The van der Waals surface area contributed by atoms with Gasteiger partial charge in [-0.2, -0.15) is 0 Å². The molecule has 1 saturated heterocycles. The molecule has 0 radical (unpaired) electrons. The van der Waals surface area contributed by atoms with Crippen molar-refractivity contribution in [1.82, 2.24) is 5.32 Å². The molecule has 6 nitrogen and oxygen atoms in total. The van der Waals surface area contributed by atoms with Crippen molar-refractivity contribution in [3.8, 4) is 11.5 Å². The summed E-state index contributed by atoms with van der Waals surface area (Å²) in [6.07, 6.45) is 0.194. The first kappa shape index (κ1) is 16.7. The van der Waals surface area contributed by atoms with Crippen LogP contribution in [-0.4, -0.2) is 25.2 Å². The molecule has 1 atom stereocenters. The van der Waals surface area contributed by atoms with E-state index in [-0.39, 0.29) is 30.9 Å². The maximum atomic E-state index is 12.5. The van der Waals surface area contributed by atoms with Crippen molar-refractivity contribution in [2.75, 3.05) is 18.2 Å². The van der Waals surface area contributed by atoms with E-state index < -0.39 is 0 Å². The zero-order valence-corrected chi connectivity index (χ0v) is 14.7. The molecule has 2 amide bonds. The van der Waals surface area contributed by atoms with Gasteiger partial charge in [-0.3, -0.25) is 9.59 Å². The molecule has 0 spiro atoms. The summed E-state index contributed by atoms with van der Waals surface area (Å²) >= 11 is 5.99. The Balaban J connectivity index is 1.37. The third-order valence-electron chi connectivity index (χ3n) is 4.52. The highest BCUT2D eigenvalue weighted by Gasteiger charge is 2.35. The lowest BCUT2D eigenvalue weighted by Gasteiger charge is -2.17. The molecule has 134 valence electrons. The third-order valence-corrected chi connectivity index (χ3v) is 4.75. The molecule has 0 aromatic heterocycles. The number of hydrogen-bond acceptors (Lipinski definition) is 4. The topological polar surface area (TPSA) is 67.9 Å². The van der Waals surface area contributed by atoms with E-state index in [2.05, 4.69) is 5.32 Å². The average molecular weight is 373 g/mol. The number of carbonyl (C=O) groups excluding carboxylic acids is 2. The van der Waals surface area contributed by atoms with E-state index in [0.717, 1.165) is 5.56 Å². The minimum absolute atomic E-state index is 0.0736. The van der Waals surface area contributed by atoms with Crippen molar-refractivity contribution in [2.24, 2.45) is 5.92 Å². The Labute approximate surface area is 155 Å². The number of nitrogens with zero attached hydrogens (tertiary/aromatic N) is 1. The SMILES string of the molecule is O=C(NCc1ccc2c(c1)OCO2)[C@H]1CC(=O)N(c2cccc(Cl)c2)C1. The number of carbonyl (C=O) groups is 2. The van der Waals surface area contributed by atoms with Crippen molar-refractivity contribution in [1.29, 1.82) is 0 Å². The van der Waals surface area contributed by atoms with Gasteiger partial charge in [0.1, 0.15) is 0 Å². The molecule has 0 unspecified atom stereocenters. The average Bonchev–Trinajstić information content (AvgIpc) is 3.25. The highest BCUT2D eigenvalue weighted by Crippen LogP contribution is 2.32. The Morgan fingerprint density at radius 1 is 1.19 bits per heavy atom. The highest BCUT2D eigenvalue weighted by molar-refractivity contribution is 6.31. The van der Waals surface area contributed by atoms with Crippen LogP contribution in [-0.2, 0) is 16.1 Å². The van der Waals surface area contributed by atoms with Gasteiger partial charge >= 0.3 is 0 Å². The maximum Gasteiger partial charge on any atom is 0.231 e. The van der Waals surface area contributed by atoms with Gasteiger partial charge in [0.25, 0.3) is 0 Å². The van der Waals surface area contributed by atoms with E-state index in [9.17, 15) is 9.59 Å². The standard InChI is InChI=1S/C19H17ClN2O4/c20-14-2-1-3-15(8-14)22-10-13(7-18(22)23)19(24)21-9-12-4-5-16-17(6-12)26-11-25-16/h1-6,8,13H,7,9-11H2,(H,21,24)/t13-/m0/s1. The summed E-state index contributed by atoms with van der Waals surface area (Å²) in [5, 5.41) is 3.46. The molecule has 2 aliphatic heterocycles. The Bertz CT molecular complexity index is 870. The van der Waals surface area contributed by atoms with E-state index in [1.165, 1.54) is 0 Å². The van der Waals surface area contributed by atoms with E-state index in [1.54, 1.807) is 23.1 Å². The fraction of sp³-hybridized carbons (Fsp3) is 0.263. The smallest absolute Gasteiger partial charge is 0.231 e. The number of anilines is 1. The van der Waals surface area contributed by atoms with E-state index in [1.807, 2.05) is 24.3 Å². The number of hydrogen-bond donors (Lipinski definition) is 1. The fourth-order valence-corrected chi connectivity index (χ4v) is 3.35. The summed E-state index contributed by atoms with van der Waals surface area (Å²) in [5.74, 6) is 0.796. The van der Waals surface area contributed by atoms with E-state index in [0.29, 0.717) is 35.3 Å². The number of nitrogens with one attached hydrogen (secondary N) is 1. The number of benzene rings is 2. The predicted molar refractivity (Wildman–Crippen MR) is 96.3 cm³/mol. The van der Waals surface area contributed by atoms with E-state index >= 15 is 0 Å². The van der Waals surface area contributed by atoms with Crippen molar-refractivity contribution in [3.05, 3.63) is 53.1 Å². The van der Waals surface area contributed by atoms with Gasteiger partial charge in [-0.1, -0.05) is 23.7 Å². The van der Waals surface area contributed by atoms with E-state index in [4.69, 9.17) is 21.1 Å². The number of rotatable bonds is 4. The molecule has 1 fully saturated rings. The second-order valence-corrected chi connectivity index (χ2v) is 6.73. The quantitative estimate of drug-likeness (QED) is 0.896. The number of halogens is 1. The van der Waals surface area contributed by atoms with Crippen LogP contribution in [0.1, 0.15) is 12.0 Å². The maximum absolute atomic E-state index is 12.5. The zero-order valence-electron chi connectivity index (χ0n) is 13.9. The molecular weight excluding hydrogens is 356 g/mol. The Morgan fingerprint density at radius 2 is 2.04 bits per heavy atom. The first-order chi connectivity index (χ1) is 12.6. The van der Waals surface area contributed by atoms with Crippen LogP contribution in [0.2, 0.25) is 5.02 Å². The molecular formula is C19H17ClN2O4. The lowest BCUT2D eigenvalue weighted by atomic mass is 10.1. The Kier molecular flexibility index (Phi) is 4.42. The van der Waals surface area contributed by atoms with Crippen molar-refractivity contribution >= 4 is 29.1 Å². The van der Waals surface area contributed by atoms with Crippen molar-refractivity contribution in [3.63, 3.8) is 0 Å². The minimum Gasteiger partial charge on any atom is -0.454 e. The monoisotopic (exact) mass is 372 g/mol. The molecule has 2 aliphatic rings. The lowest BCUT2D eigenvalue weighted by Crippen LogP contribution is -2.32. The molecule has 2 heterocycles. The molecule has 1 N–H and O–H groups in total. The van der Waals surface area contributed by atoms with Gasteiger partial charge in [-0.25, -0.2) is 0 Å². The summed E-state index contributed by atoms with van der Waals surface area (Å²) in [4.78, 5) is 26.4. The molecule has 0 aliphatic carbocycles. The third kappa shape index (κ3) is 3.32. The second kappa shape index (κ2) is 6.88. The summed E-state index contributed by atoms with van der Waals surface area (Å²) in [5.41, 5.74) is 1.63. The van der Waals surface area contributed by atoms with Crippen molar-refractivity contribution in [2.45, 2.75) is 13.0 Å². The number of ether oxygens (including phenoxy) is 2. The molecule has 2 aromatic carbocycles. The van der Waals surface area contributed by atoms with Crippen LogP contribution in [0.4, 0.5) is 5.69 Å². The van der Waals surface area contributed by atoms with Gasteiger partial charge in [0.05, 0.1) is 5.92 Å². The molecule has 0 bridgehead atoms. The van der Waals surface area contributed by atoms with Gasteiger partial charge in [-0.05, 0) is 35.9 Å². The molecule has 2 aromatic rings. The summed E-state index contributed by atoms with van der Waals surface area (Å²) in [6.45, 7) is 0.943. The van der Waals surface area contributed by atoms with Crippen LogP contribution in [0.3, 0.4) is 0 Å². The van der Waals surface area contributed by atoms with Crippen LogP contribution >= 0.6 is 11.6 Å². The van der Waals surface area contributed by atoms with Gasteiger partial charge in [0.15, 0.2) is 11.5 Å². The van der Waals surface area contributed by atoms with Gasteiger partial charge in [-0.15, -0.1) is 0 Å². The fourth-order valence-electron chi connectivity index (χ4n) is 3.16. The minimum atomic E-state index is -0.379. The van der Waals surface area contributed by atoms with Gasteiger partial charge < -0.3 is 19.7 Å². The summed E-state index contributed by atoms with van der Waals surface area (Å²) in [6, 6.07) is 12.6. The Morgan fingerprint density at radius 3 is 2.88 bits per heavy atom. The lowest BCUT2D eigenvalue weighted by molar-refractivity contribution is -0.126. The first-order valence-electron chi connectivity index (χ1n) is 8.32. The van der Waals surface area contributed by atoms with Crippen LogP contribution < -0.4 is 19.7 Å². The Hall–Kier alpha value is -2.73. The van der Waals surface area contributed by atoms with Crippen LogP contribution in [0.15, 0.2) is 42.5 Å². The van der Waals surface area contributed by atoms with Crippen LogP contribution in [0.5, 0.6) is 11.5 Å². The largest absolute Gasteiger partial charge is 0.454 e. The zero-order chi connectivity index (χ0) is 18.1.